The second-order valence-corrected chi connectivity index (χ2v) is 14.1. The molecule has 0 aliphatic carbocycles. The minimum atomic E-state index is -0.719. The molecular formula is C37H37Cl2N7O3. The van der Waals surface area contributed by atoms with Crippen LogP contribution < -0.4 is 5.32 Å². The highest BCUT2D eigenvalue weighted by Gasteiger charge is 2.36. The average molecular weight is 699 g/mol. The first-order valence-electron chi connectivity index (χ1n) is 16.9. The fourth-order valence-corrected chi connectivity index (χ4v) is 8.23. The van der Waals surface area contributed by atoms with E-state index in [0.717, 1.165) is 90.0 Å². The predicted octanol–water partition coefficient (Wildman–Crippen LogP) is 7.02. The van der Waals surface area contributed by atoms with Gasteiger partial charge < -0.3 is 15.5 Å². The van der Waals surface area contributed by atoms with Crippen molar-refractivity contribution in [3.05, 3.63) is 88.3 Å². The summed E-state index contributed by atoms with van der Waals surface area (Å²) in [6.07, 6.45) is 6.82. The number of benzene rings is 2. The number of halogens is 2. The maximum Gasteiger partial charge on any atom is 0.307 e. The van der Waals surface area contributed by atoms with Gasteiger partial charge in [0.05, 0.1) is 45.2 Å². The van der Waals surface area contributed by atoms with Gasteiger partial charge in [-0.1, -0.05) is 53.5 Å². The summed E-state index contributed by atoms with van der Waals surface area (Å²) in [4.78, 5) is 25.5. The molecule has 0 bridgehead atoms. The molecule has 252 valence electrons. The number of nitrogens with zero attached hydrogens (tertiary/aromatic N) is 6. The van der Waals surface area contributed by atoms with Crippen molar-refractivity contribution in [2.45, 2.75) is 50.9 Å². The molecule has 3 aliphatic rings. The van der Waals surface area contributed by atoms with Crippen molar-refractivity contribution in [2.75, 3.05) is 31.5 Å². The maximum absolute atomic E-state index is 11.6. The van der Waals surface area contributed by atoms with E-state index in [0.29, 0.717) is 41.1 Å². The summed E-state index contributed by atoms with van der Waals surface area (Å²) in [6, 6.07) is 18.0. The molecule has 12 heteroatoms. The number of carbonyl (C=O) groups is 1. The van der Waals surface area contributed by atoms with Crippen molar-refractivity contribution in [3.8, 4) is 22.4 Å². The molecule has 3 N–H and O–H groups in total. The van der Waals surface area contributed by atoms with Gasteiger partial charge in [0.25, 0.3) is 0 Å². The van der Waals surface area contributed by atoms with Gasteiger partial charge in [0.15, 0.2) is 5.82 Å². The molecule has 0 saturated carbocycles. The van der Waals surface area contributed by atoms with Crippen molar-refractivity contribution < 1.29 is 15.0 Å². The van der Waals surface area contributed by atoms with Gasteiger partial charge in [-0.3, -0.25) is 24.3 Å². The number of rotatable bonds is 8. The highest BCUT2D eigenvalue weighted by Crippen LogP contribution is 2.43. The molecule has 8 rings (SSSR count). The van der Waals surface area contributed by atoms with E-state index in [4.69, 9.17) is 33.3 Å². The molecule has 3 atom stereocenters. The Morgan fingerprint density at radius 3 is 2.53 bits per heavy atom. The Morgan fingerprint density at radius 2 is 1.73 bits per heavy atom. The van der Waals surface area contributed by atoms with Crippen molar-refractivity contribution in [2.24, 2.45) is 5.92 Å². The molecule has 0 amide bonds. The lowest BCUT2D eigenvalue weighted by Gasteiger charge is -2.31. The molecule has 2 saturated heterocycles. The number of aromatic nitrogens is 4. The summed E-state index contributed by atoms with van der Waals surface area (Å²) in [5, 5.41) is 29.9. The number of nitrogens with one attached hydrogen (secondary N) is 1. The number of aliphatic hydroxyl groups is 1. The molecule has 0 radical (unpaired) electrons. The topological polar surface area (TPSA) is 120 Å². The van der Waals surface area contributed by atoms with Gasteiger partial charge in [-0.05, 0) is 62.1 Å². The zero-order chi connectivity index (χ0) is 33.6. The van der Waals surface area contributed by atoms with E-state index < -0.39 is 5.97 Å². The lowest BCUT2D eigenvalue weighted by atomic mass is 9.99. The molecule has 0 spiro atoms. The quantitative estimate of drug-likeness (QED) is 0.157. The minimum absolute atomic E-state index is 0.140. The molecule has 5 aromatic rings. The van der Waals surface area contributed by atoms with Crippen LogP contribution in [0.4, 0.5) is 11.5 Å². The predicted molar refractivity (Wildman–Crippen MR) is 191 cm³/mol. The number of carboxylic acids is 1. The van der Waals surface area contributed by atoms with Crippen LogP contribution in [0.2, 0.25) is 10.0 Å². The number of β-amino-alcohol motifs (C(OH)–C–C–N with tert-alkyl or cyclic N) is 1. The number of hydrogen-bond acceptors (Lipinski definition) is 8. The number of aliphatic carboxylic acids is 1. The lowest BCUT2D eigenvalue weighted by Crippen LogP contribution is -2.32. The molecule has 49 heavy (non-hydrogen) atoms. The summed E-state index contributed by atoms with van der Waals surface area (Å²) in [5.41, 5.74) is 6.80. The second-order valence-electron chi connectivity index (χ2n) is 13.4. The summed E-state index contributed by atoms with van der Waals surface area (Å²) < 4.78 is 2.06. The van der Waals surface area contributed by atoms with Crippen LogP contribution in [0.3, 0.4) is 0 Å². The van der Waals surface area contributed by atoms with Gasteiger partial charge in [0.2, 0.25) is 0 Å². The van der Waals surface area contributed by atoms with Crippen LogP contribution in [-0.4, -0.2) is 78.0 Å². The number of fused-ring (bicyclic) bond motifs is 2. The standard InChI is InChI=1S/C37H37Cl2N7O3/c38-33-26(4-1-6-28(33)30-17-32-31(8-3-13-46(32)43-30)45-15-10-24(20-45)37(48)49)27-5-2-7-29(34(27)39)42-36-35-23(9-12-40-36)16-22(18-41-35)19-44-14-11-25(47)21-44/h1-2,4-7,9,12,16-18,24-25,31,47H,3,8,10-11,13-15,19-21H2,(H,40,42)(H,48,49)/t24-,25-,31?/m1/s1. The van der Waals surface area contributed by atoms with E-state index in [2.05, 4.69) is 36.9 Å². The van der Waals surface area contributed by atoms with E-state index in [9.17, 15) is 15.0 Å². The molecule has 3 aromatic heterocycles. The third-order valence-electron chi connectivity index (χ3n) is 10.1. The Kier molecular flexibility index (Phi) is 8.75. The molecule has 2 aromatic carbocycles. The Hall–Kier alpha value is -4.06. The third kappa shape index (κ3) is 6.28. The van der Waals surface area contributed by atoms with Crippen molar-refractivity contribution >= 4 is 51.6 Å². The summed E-state index contributed by atoms with van der Waals surface area (Å²) in [7, 11) is 0. The number of anilines is 2. The van der Waals surface area contributed by atoms with Gasteiger partial charge in [-0.15, -0.1) is 0 Å². The highest BCUT2D eigenvalue weighted by atomic mass is 35.5. The summed E-state index contributed by atoms with van der Waals surface area (Å²) >= 11 is 14.3. The van der Waals surface area contributed by atoms with Crippen LogP contribution in [-0.2, 0) is 17.9 Å². The van der Waals surface area contributed by atoms with E-state index in [1.807, 2.05) is 48.7 Å². The largest absolute Gasteiger partial charge is 0.481 e. The Bertz CT molecular complexity index is 2050. The van der Waals surface area contributed by atoms with Gasteiger partial charge >= 0.3 is 5.97 Å². The fourth-order valence-electron chi connectivity index (χ4n) is 7.63. The summed E-state index contributed by atoms with van der Waals surface area (Å²) in [5.74, 6) is -0.435. The van der Waals surface area contributed by atoms with Gasteiger partial charge in [0.1, 0.15) is 5.52 Å². The van der Waals surface area contributed by atoms with Gasteiger partial charge in [-0.25, -0.2) is 4.98 Å². The van der Waals surface area contributed by atoms with E-state index >= 15 is 0 Å². The molecule has 2 fully saturated rings. The smallest absolute Gasteiger partial charge is 0.307 e. The molecule has 1 unspecified atom stereocenters. The van der Waals surface area contributed by atoms with Crippen LogP contribution in [0.15, 0.2) is 67.0 Å². The van der Waals surface area contributed by atoms with E-state index in [-0.39, 0.29) is 18.1 Å². The first-order chi connectivity index (χ1) is 23.8. The van der Waals surface area contributed by atoms with Crippen LogP contribution in [0, 0.1) is 5.92 Å². The SMILES string of the molecule is O=C(O)[C@@H]1CCN(C2CCCn3nc(-c4cccc(-c5cccc(Nc6nccc7cc(CN8CC[C@@H](O)C8)cnc67)c5Cl)c4Cl)cc32)C1. The Labute approximate surface area is 294 Å². The fraction of sp³-hybridized carbons (Fsp3) is 0.351. The van der Waals surface area contributed by atoms with Crippen molar-refractivity contribution in [3.63, 3.8) is 0 Å². The van der Waals surface area contributed by atoms with Crippen LogP contribution in [0.5, 0.6) is 0 Å². The normalized spacial score (nSPS) is 21.3. The van der Waals surface area contributed by atoms with Gasteiger partial charge in [0, 0.05) is 67.2 Å². The van der Waals surface area contributed by atoms with Crippen LogP contribution >= 0.6 is 23.2 Å². The Balaban J connectivity index is 1.06. The number of likely N-dealkylation sites (tertiary alicyclic amines) is 2. The first kappa shape index (κ1) is 32.2. The minimum Gasteiger partial charge on any atom is -0.481 e. The average Bonchev–Trinajstić information content (AvgIpc) is 3.86. The number of carboxylic acid groups (broad SMARTS) is 1. The highest BCUT2D eigenvalue weighted by molar-refractivity contribution is 6.39. The van der Waals surface area contributed by atoms with Crippen LogP contribution in [0.1, 0.15) is 43.0 Å². The van der Waals surface area contributed by atoms with E-state index in [1.165, 1.54) is 0 Å². The molecule has 10 nitrogen and oxygen atoms in total. The summed E-state index contributed by atoms with van der Waals surface area (Å²) in [6.45, 7) is 4.46. The zero-order valence-corrected chi connectivity index (χ0v) is 28.4. The monoisotopic (exact) mass is 697 g/mol. The third-order valence-corrected chi connectivity index (χ3v) is 11.0. The number of pyridine rings is 2. The van der Waals surface area contributed by atoms with Crippen molar-refractivity contribution in [1.29, 1.82) is 0 Å². The molecule has 6 heterocycles. The maximum atomic E-state index is 11.6. The lowest BCUT2D eigenvalue weighted by molar-refractivity contribution is -0.141. The second kappa shape index (κ2) is 13.3. The van der Waals surface area contributed by atoms with Gasteiger partial charge in [-0.2, -0.15) is 5.10 Å². The Morgan fingerprint density at radius 1 is 0.918 bits per heavy atom. The zero-order valence-electron chi connectivity index (χ0n) is 26.9. The number of hydrogen-bond donors (Lipinski definition) is 3. The molecule has 3 aliphatic heterocycles. The molecular weight excluding hydrogens is 661 g/mol. The first-order valence-corrected chi connectivity index (χ1v) is 17.6. The number of aryl methyl sites for hydroxylation is 1. The van der Waals surface area contributed by atoms with Crippen LogP contribution in [0.25, 0.3) is 33.3 Å². The van der Waals surface area contributed by atoms with Crippen molar-refractivity contribution in [1.82, 2.24) is 29.5 Å². The number of aliphatic hydroxyl groups excluding tert-OH is 1. The van der Waals surface area contributed by atoms with E-state index in [1.54, 1.807) is 6.20 Å².